The van der Waals surface area contributed by atoms with Gasteiger partial charge in [0.05, 0.1) is 11.5 Å². The third-order valence-corrected chi connectivity index (χ3v) is 8.95. The highest BCUT2D eigenvalue weighted by atomic mass is 32.2. The van der Waals surface area contributed by atoms with Gasteiger partial charge in [-0.25, -0.2) is 13.9 Å². The number of nitrogens with one attached hydrogen (secondary N) is 3. The lowest BCUT2D eigenvalue weighted by Gasteiger charge is -2.34. The number of benzene rings is 2. The topological polar surface area (TPSA) is 160 Å². The normalized spacial score (nSPS) is 14.9. The zero-order valence-corrected chi connectivity index (χ0v) is 22.2. The van der Waals surface area contributed by atoms with E-state index in [9.17, 15) is 22.8 Å². The highest BCUT2D eigenvalue weighted by Gasteiger charge is 2.52. The molecule has 3 amide bonds. The molecule has 0 saturated carbocycles. The molecule has 11 nitrogen and oxygen atoms in total. The average Bonchev–Trinajstić information content (AvgIpc) is 2.94. The molecule has 1 heterocycles. The number of sulfone groups is 1. The Kier molecular flexibility index (Phi) is 9.84. The fourth-order valence-electron chi connectivity index (χ4n) is 4.06. The van der Waals surface area contributed by atoms with E-state index in [-0.39, 0.29) is 49.9 Å². The first kappa shape index (κ1) is 29.1. The van der Waals surface area contributed by atoms with Gasteiger partial charge in [0.2, 0.25) is 5.91 Å². The van der Waals surface area contributed by atoms with Crippen LogP contribution in [0.2, 0.25) is 0 Å². The molecule has 0 aromatic heterocycles. The molecule has 1 aliphatic rings. The summed E-state index contributed by atoms with van der Waals surface area (Å²) in [6.07, 6.45) is 0.296. The first-order valence-corrected chi connectivity index (χ1v) is 13.8. The minimum absolute atomic E-state index is 0.0765. The predicted molar refractivity (Wildman–Crippen MR) is 137 cm³/mol. The van der Waals surface area contributed by atoms with Gasteiger partial charge in [0.15, 0.2) is 14.6 Å². The van der Waals surface area contributed by atoms with Crippen molar-refractivity contribution in [2.24, 2.45) is 0 Å². The van der Waals surface area contributed by atoms with Crippen molar-refractivity contribution >= 4 is 27.6 Å². The van der Waals surface area contributed by atoms with Crippen molar-refractivity contribution in [2.45, 2.75) is 55.1 Å². The summed E-state index contributed by atoms with van der Waals surface area (Å²) >= 11 is 0. The summed E-state index contributed by atoms with van der Waals surface area (Å²) in [5.74, 6) is -1.05. The summed E-state index contributed by atoms with van der Waals surface area (Å²) in [5.41, 5.74) is 7.77. The highest BCUT2D eigenvalue weighted by molar-refractivity contribution is 7.93. The Labute approximate surface area is 221 Å². The van der Waals surface area contributed by atoms with E-state index < -0.39 is 26.4 Å². The third kappa shape index (κ3) is 6.69. The second-order valence-electron chi connectivity index (χ2n) is 9.25. The summed E-state index contributed by atoms with van der Waals surface area (Å²) in [7, 11) is -4.12. The Morgan fingerprint density at radius 1 is 1.00 bits per heavy atom. The number of ether oxygens (including phenoxy) is 2. The Morgan fingerprint density at radius 2 is 1.63 bits per heavy atom. The maximum atomic E-state index is 13.3. The van der Waals surface area contributed by atoms with E-state index in [1.54, 1.807) is 12.1 Å². The van der Waals surface area contributed by atoms with Crippen LogP contribution in [0.5, 0.6) is 5.75 Å². The van der Waals surface area contributed by atoms with E-state index in [4.69, 9.17) is 14.7 Å². The summed E-state index contributed by atoms with van der Waals surface area (Å²) in [6, 6.07) is 12.7. The Morgan fingerprint density at radius 3 is 2.21 bits per heavy atom. The molecule has 38 heavy (non-hydrogen) atoms. The number of rotatable bonds is 10. The summed E-state index contributed by atoms with van der Waals surface area (Å²) in [6.45, 7) is 4.46. The van der Waals surface area contributed by atoms with Crippen LogP contribution in [0, 0.1) is 0 Å². The number of carbonyl (C=O) groups is 3. The van der Waals surface area contributed by atoms with Gasteiger partial charge >= 0.3 is 0 Å². The second kappa shape index (κ2) is 12.9. The number of hydrogen-bond donors (Lipinski definition) is 4. The lowest BCUT2D eigenvalue weighted by Crippen LogP contribution is -2.54. The van der Waals surface area contributed by atoms with Crippen LogP contribution in [0.15, 0.2) is 53.4 Å². The van der Waals surface area contributed by atoms with Gasteiger partial charge in [-0.05, 0) is 67.1 Å². The van der Waals surface area contributed by atoms with E-state index in [1.807, 2.05) is 12.1 Å². The first-order chi connectivity index (χ1) is 18.1. The molecular weight excluding hydrogens is 514 g/mol. The number of carbonyl (C=O) groups excluding carboxylic acids is 3. The molecule has 0 atom stereocenters. The van der Waals surface area contributed by atoms with Crippen molar-refractivity contribution in [1.82, 2.24) is 16.3 Å². The Bertz CT molecular complexity index is 1220. The quantitative estimate of drug-likeness (QED) is 0.200. The number of hydrogen-bond acceptors (Lipinski definition) is 8. The fourth-order valence-corrected chi connectivity index (χ4v) is 6.00. The molecule has 1 fully saturated rings. The SMILES string of the molecule is CC(C)c1ccc(C(=O)NNC(=O)CCCOc2ccc(S(=O)(=O)C3(C(=O)NO)CCOCC3)cc2)cc1. The van der Waals surface area contributed by atoms with Crippen molar-refractivity contribution < 1.29 is 37.5 Å². The van der Waals surface area contributed by atoms with Crippen LogP contribution in [-0.4, -0.2) is 55.9 Å². The molecule has 0 bridgehead atoms. The maximum absolute atomic E-state index is 13.3. The van der Waals surface area contributed by atoms with E-state index in [1.165, 1.54) is 29.7 Å². The maximum Gasteiger partial charge on any atom is 0.269 e. The van der Waals surface area contributed by atoms with Gasteiger partial charge in [-0.1, -0.05) is 26.0 Å². The van der Waals surface area contributed by atoms with Crippen molar-refractivity contribution in [2.75, 3.05) is 19.8 Å². The molecule has 2 aromatic rings. The van der Waals surface area contributed by atoms with Crippen molar-refractivity contribution in [3.8, 4) is 5.75 Å². The molecule has 206 valence electrons. The monoisotopic (exact) mass is 547 g/mol. The van der Waals surface area contributed by atoms with Crippen LogP contribution in [0.1, 0.15) is 61.4 Å². The smallest absolute Gasteiger partial charge is 0.269 e. The zero-order chi connectivity index (χ0) is 27.8. The molecule has 1 aliphatic heterocycles. The van der Waals surface area contributed by atoms with Gasteiger partial charge < -0.3 is 9.47 Å². The van der Waals surface area contributed by atoms with Crippen LogP contribution in [-0.2, 0) is 24.2 Å². The van der Waals surface area contributed by atoms with Crippen LogP contribution in [0.3, 0.4) is 0 Å². The average molecular weight is 548 g/mol. The van der Waals surface area contributed by atoms with Crippen molar-refractivity contribution in [3.63, 3.8) is 0 Å². The molecule has 2 aromatic carbocycles. The molecular formula is C26H33N3O8S. The van der Waals surface area contributed by atoms with Gasteiger partial charge in [-0.2, -0.15) is 0 Å². The largest absolute Gasteiger partial charge is 0.494 e. The van der Waals surface area contributed by atoms with Gasteiger partial charge in [0, 0.05) is 25.2 Å². The number of hydroxylamine groups is 1. The number of hydrazine groups is 1. The van der Waals surface area contributed by atoms with E-state index in [2.05, 4.69) is 24.7 Å². The fraction of sp³-hybridized carbons (Fsp3) is 0.423. The Hall–Kier alpha value is -3.48. The molecule has 0 aliphatic carbocycles. The van der Waals surface area contributed by atoms with Crippen LogP contribution in [0.4, 0.5) is 0 Å². The van der Waals surface area contributed by atoms with E-state index >= 15 is 0 Å². The minimum atomic E-state index is -4.12. The molecule has 0 radical (unpaired) electrons. The number of amides is 3. The lowest BCUT2D eigenvalue weighted by molar-refractivity contribution is -0.134. The second-order valence-corrected chi connectivity index (χ2v) is 11.5. The summed E-state index contributed by atoms with van der Waals surface area (Å²) < 4.78 is 35.5. The lowest BCUT2D eigenvalue weighted by atomic mass is 9.98. The van der Waals surface area contributed by atoms with E-state index in [0.717, 1.165) is 5.56 Å². The Balaban J connectivity index is 1.46. The van der Waals surface area contributed by atoms with Crippen LogP contribution >= 0.6 is 0 Å². The van der Waals surface area contributed by atoms with Gasteiger partial charge in [0.1, 0.15) is 5.75 Å². The third-order valence-electron chi connectivity index (χ3n) is 6.44. The highest BCUT2D eigenvalue weighted by Crippen LogP contribution is 2.35. The van der Waals surface area contributed by atoms with Gasteiger partial charge in [0.25, 0.3) is 11.8 Å². The first-order valence-electron chi connectivity index (χ1n) is 12.3. The standard InChI is InChI=1S/C26H33N3O8S/c1-18(2)19-5-7-20(8-6-19)24(31)28-27-23(30)4-3-15-37-21-9-11-22(12-10-21)38(34,35)26(25(32)29-33)13-16-36-17-14-26/h5-12,18,33H,3-4,13-17H2,1-2H3,(H,27,30)(H,28,31)(H,29,32). The molecule has 0 spiro atoms. The summed E-state index contributed by atoms with van der Waals surface area (Å²) in [5, 5.41) is 9.13. The predicted octanol–water partition coefficient (Wildman–Crippen LogP) is 2.26. The van der Waals surface area contributed by atoms with Crippen molar-refractivity contribution in [1.29, 1.82) is 0 Å². The molecule has 4 N–H and O–H groups in total. The van der Waals surface area contributed by atoms with Crippen LogP contribution in [0.25, 0.3) is 0 Å². The minimum Gasteiger partial charge on any atom is -0.494 e. The van der Waals surface area contributed by atoms with Crippen molar-refractivity contribution in [3.05, 3.63) is 59.7 Å². The molecule has 12 heteroatoms. The molecule has 3 rings (SSSR count). The van der Waals surface area contributed by atoms with Gasteiger partial charge in [-0.15, -0.1) is 0 Å². The van der Waals surface area contributed by atoms with E-state index in [0.29, 0.717) is 23.7 Å². The van der Waals surface area contributed by atoms with Crippen LogP contribution < -0.4 is 21.1 Å². The molecule has 1 saturated heterocycles. The summed E-state index contributed by atoms with van der Waals surface area (Å²) in [4.78, 5) is 36.5. The van der Waals surface area contributed by atoms with Gasteiger partial charge in [-0.3, -0.25) is 30.4 Å². The zero-order valence-electron chi connectivity index (χ0n) is 21.4. The molecule has 0 unspecified atom stereocenters.